The van der Waals surface area contributed by atoms with Crippen molar-refractivity contribution in [1.82, 2.24) is 19.9 Å². The molecule has 1 aliphatic rings. The molecule has 0 radical (unpaired) electrons. The van der Waals surface area contributed by atoms with Crippen LogP contribution in [0.2, 0.25) is 0 Å². The van der Waals surface area contributed by atoms with Crippen LogP contribution >= 0.6 is 0 Å². The molecular formula is C26H24FN5O2. The second-order valence-electron chi connectivity index (χ2n) is 8.73. The number of hydrogen-bond acceptors (Lipinski definition) is 6. The van der Waals surface area contributed by atoms with E-state index in [0.29, 0.717) is 11.1 Å². The van der Waals surface area contributed by atoms with Gasteiger partial charge in [0.05, 0.1) is 5.52 Å². The topological polar surface area (TPSA) is 78.3 Å². The van der Waals surface area contributed by atoms with Crippen LogP contribution in [-0.4, -0.2) is 52.6 Å². The minimum absolute atomic E-state index is 0.239. The number of hydrogen-bond donors (Lipinski definition) is 1. The third-order valence-corrected chi connectivity index (χ3v) is 6.57. The van der Waals surface area contributed by atoms with Crippen LogP contribution in [0.4, 0.5) is 10.2 Å². The molecule has 2 aromatic carbocycles. The quantitative estimate of drug-likeness (QED) is 0.400. The van der Waals surface area contributed by atoms with Crippen molar-refractivity contribution in [2.45, 2.75) is 12.8 Å². The summed E-state index contributed by atoms with van der Waals surface area (Å²) < 4.78 is 19.2. The number of H-pyrrole nitrogens is 1. The number of halogens is 1. The van der Waals surface area contributed by atoms with Crippen LogP contribution in [0.3, 0.4) is 0 Å². The van der Waals surface area contributed by atoms with Crippen molar-refractivity contribution in [2.75, 3.05) is 37.6 Å². The minimum atomic E-state index is -0.408. The lowest BCUT2D eigenvalue weighted by Crippen LogP contribution is -2.47. The van der Waals surface area contributed by atoms with E-state index in [1.165, 1.54) is 6.07 Å². The number of piperazine rings is 1. The third-order valence-electron chi connectivity index (χ3n) is 6.57. The first kappa shape index (κ1) is 20.8. The number of aromatic nitrogens is 3. The summed E-state index contributed by atoms with van der Waals surface area (Å²) in [5.41, 5.74) is 1.27. The fourth-order valence-corrected chi connectivity index (χ4v) is 4.82. The van der Waals surface area contributed by atoms with Gasteiger partial charge in [-0.3, -0.25) is 4.90 Å². The maximum atomic E-state index is 13.8. The van der Waals surface area contributed by atoms with Gasteiger partial charge in [0.15, 0.2) is 5.52 Å². The Hall–Kier alpha value is -3.78. The fraction of sp³-hybridized carbons (Fsp3) is 0.269. The predicted molar refractivity (Wildman–Crippen MR) is 131 cm³/mol. The molecule has 34 heavy (non-hydrogen) atoms. The van der Waals surface area contributed by atoms with Crippen LogP contribution in [0, 0.1) is 5.82 Å². The molecule has 0 unspecified atom stereocenters. The minimum Gasteiger partial charge on any atom is -0.421 e. The molecule has 3 aromatic heterocycles. The van der Waals surface area contributed by atoms with Crippen molar-refractivity contribution in [2.24, 2.45) is 0 Å². The average Bonchev–Trinajstić information content (AvgIpc) is 3.29. The highest BCUT2D eigenvalue weighted by atomic mass is 19.1. The van der Waals surface area contributed by atoms with Gasteiger partial charge in [-0.05, 0) is 48.7 Å². The highest BCUT2D eigenvalue weighted by Crippen LogP contribution is 2.26. The molecular weight excluding hydrogens is 433 g/mol. The van der Waals surface area contributed by atoms with Crippen molar-refractivity contribution in [3.63, 3.8) is 0 Å². The van der Waals surface area contributed by atoms with Crippen molar-refractivity contribution in [3.05, 3.63) is 76.8 Å². The summed E-state index contributed by atoms with van der Waals surface area (Å²) in [6.07, 6.45) is 3.48. The van der Waals surface area contributed by atoms with Crippen LogP contribution in [-0.2, 0) is 6.42 Å². The van der Waals surface area contributed by atoms with Gasteiger partial charge in [0.2, 0.25) is 0 Å². The molecule has 0 spiro atoms. The van der Waals surface area contributed by atoms with Crippen LogP contribution in [0.25, 0.3) is 32.8 Å². The van der Waals surface area contributed by atoms with Gasteiger partial charge < -0.3 is 14.3 Å². The van der Waals surface area contributed by atoms with E-state index in [4.69, 9.17) is 4.42 Å². The summed E-state index contributed by atoms with van der Waals surface area (Å²) in [6.45, 7) is 4.47. The van der Waals surface area contributed by atoms with Crippen molar-refractivity contribution >= 4 is 38.6 Å². The number of fused-ring (bicyclic) bond motifs is 4. The van der Waals surface area contributed by atoms with Gasteiger partial charge in [0.25, 0.3) is 0 Å². The molecule has 0 aliphatic carbocycles. The van der Waals surface area contributed by atoms with Crippen LogP contribution in [0.5, 0.6) is 0 Å². The van der Waals surface area contributed by atoms with Gasteiger partial charge in [-0.25, -0.2) is 19.2 Å². The second kappa shape index (κ2) is 8.53. The van der Waals surface area contributed by atoms with E-state index in [2.05, 4.69) is 24.8 Å². The Bertz CT molecular complexity index is 1550. The number of rotatable bonds is 5. The van der Waals surface area contributed by atoms with Crippen LogP contribution in [0.15, 0.2) is 63.9 Å². The molecule has 0 atom stereocenters. The Balaban J connectivity index is 1.09. The van der Waals surface area contributed by atoms with E-state index in [1.54, 1.807) is 24.4 Å². The maximum absolute atomic E-state index is 13.8. The average molecular weight is 458 g/mol. The van der Waals surface area contributed by atoms with Crippen LogP contribution in [0.1, 0.15) is 12.2 Å². The Labute approximate surface area is 194 Å². The zero-order chi connectivity index (χ0) is 23.1. The van der Waals surface area contributed by atoms with Gasteiger partial charge in [-0.2, -0.15) is 0 Å². The summed E-state index contributed by atoms with van der Waals surface area (Å²) in [7, 11) is 0. The maximum Gasteiger partial charge on any atom is 0.364 e. The number of aryl methyl sites for hydroxylation is 1. The molecule has 8 heteroatoms. The molecule has 172 valence electrons. The number of para-hydroxylation sites is 1. The summed E-state index contributed by atoms with van der Waals surface area (Å²) >= 11 is 0. The van der Waals surface area contributed by atoms with E-state index < -0.39 is 5.63 Å². The lowest BCUT2D eigenvalue weighted by atomic mass is 10.1. The molecule has 0 bridgehead atoms. The summed E-state index contributed by atoms with van der Waals surface area (Å²) in [5.74, 6) is 1.42. The zero-order valence-corrected chi connectivity index (χ0v) is 18.6. The molecule has 7 nitrogen and oxygen atoms in total. The molecule has 0 saturated carbocycles. The monoisotopic (exact) mass is 457 g/mol. The Kier molecular flexibility index (Phi) is 5.22. The standard InChI is InChI=1S/C26H24FN5O2/c27-18-8-7-17-9-10-28-25(20(17)16-18)32-14-12-31(13-15-32)11-3-6-22-29-23-19-4-1-2-5-21(19)34-26(33)24(23)30-22/h1-2,4-5,7-10,16H,3,6,11-15H2,(H,29,30). The second-order valence-corrected chi connectivity index (χ2v) is 8.73. The van der Waals surface area contributed by atoms with Gasteiger partial charge in [0.1, 0.15) is 23.0 Å². The van der Waals surface area contributed by atoms with Gasteiger partial charge in [0, 0.05) is 49.6 Å². The van der Waals surface area contributed by atoms with Crippen molar-refractivity contribution in [3.8, 4) is 0 Å². The third kappa shape index (κ3) is 3.80. The molecule has 1 aliphatic heterocycles. The number of imidazole rings is 1. The summed E-state index contributed by atoms with van der Waals surface area (Å²) in [6, 6.07) is 14.3. The van der Waals surface area contributed by atoms with E-state index in [-0.39, 0.29) is 5.82 Å². The normalized spacial score (nSPS) is 15.0. The lowest BCUT2D eigenvalue weighted by Gasteiger charge is -2.35. The van der Waals surface area contributed by atoms with Gasteiger partial charge >= 0.3 is 5.63 Å². The number of nitrogens with zero attached hydrogens (tertiary/aromatic N) is 4. The number of pyridine rings is 1. The lowest BCUT2D eigenvalue weighted by molar-refractivity contribution is 0.254. The molecule has 4 heterocycles. The number of aromatic amines is 1. The number of benzene rings is 2. The highest BCUT2D eigenvalue weighted by Gasteiger charge is 2.20. The first-order valence-electron chi connectivity index (χ1n) is 11.6. The molecule has 5 aromatic rings. The summed E-state index contributed by atoms with van der Waals surface area (Å²) in [4.78, 5) is 29.3. The summed E-state index contributed by atoms with van der Waals surface area (Å²) in [5, 5.41) is 2.73. The Morgan fingerprint density at radius 1 is 1.03 bits per heavy atom. The molecule has 1 fully saturated rings. The number of anilines is 1. The first-order chi connectivity index (χ1) is 16.7. The smallest absolute Gasteiger partial charge is 0.364 e. The first-order valence-corrected chi connectivity index (χ1v) is 11.6. The largest absolute Gasteiger partial charge is 0.421 e. The van der Waals surface area contributed by atoms with Gasteiger partial charge in [-0.1, -0.05) is 18.2 Å². The SMILES string of the molecule is O=c1oc2ccccc2c2[nH]c(CCCN3CCN(c4nccc5ccc(F)cc45)CC3)nc12. The van der Waals surface area contributed by atoms with Crippen molar-refractivity contribution < 1.29 is 8.81 Å². The van der Waals surface area contributed by atoms with Gasteiger partial charge in [-0.15, -0.1) is 0 Å². The Morgan fingerprint density at radius 2 is 1.88 bits per heavy atom. The van der Waals surface area contributed by atoms with Crippen molar-refractivity contribution in [1.29, 1.82) is 0 Å². The fourth-order valence-electron chi connectivity index (χ4n) is 4.82. The Morgan fingerprint density at radius 3 is 2.76 bits per heavy atom. The van der Waals surface area contributed by atoms with E-state index in [0.717, 1.165) is 78.9 Å². The molecule has 6 rings (SSSR count). The zero-order valence-electron chi connectivity index (χ0n) is 18.6. The van der Waals surface area contributed by atoms with Crippen LogP contribution < -0.4 is 10.5 Å². The van der Waals surface area contributed by atoms with E-state index in [1.807, 2.05) is 24.3 Å². The molecule has 1 saturated heterocycles. The molecule has 0 amide bonds. The van der Waals surface area contributed by atoms with E-state index in [9.17, 15) is 9.18 Å². The molecule has 1 N–H and O–H groups in total. The van der Waals surface area contributed by atoms with E-state index >= 15 is 0 Å². The predicted octanol–water partition coefficient (Wildman–Crippen LogP) is 4.11. The highest BCUT2D eigenvalue weighted by molar-refractivity contribution is 6.00. The number of nitrogens with one attached hydrogen (secondary N) is 1.